The van der Waals surface area contributed by atoms with Gasteiger partial charge < -0.3 is 10.5 Å². The van der Waals surface area contributed by atoms with E-state index in [9.17, 15) is 10.1 Å². The van der Waals surface area contributed by atoms with Crippen LogP contribution in [-0.4, -0.2) is 18.1 Å². The summed E-state index contributed by atoms with van der Waals surface area (Å²) in [7, 11) is 0. The maximum absolute atomic E-state index is 10.6. The van der Waals surface area contributed by atoms with Crippen LogP contribution in [0.2, 0.25) is 0 Å². The standard InChI is InChI=1S/C9H12N2O3/c1-7-2-3-8(11(12)13)9(6-7)14-5-4-10/h2-3,6H,4-5,10H2,1H3. The minimum Gasteiger partial charge on any atom is -0.485 e. The fourth-order valence-corrected chi connectivity index (χ4v) is 1.06. The molecule has 0 spiro atoms. The lowest BCUT2D eigenvalue weighted by atomic mass is 10.2. The molecule has 5 heteroatoms. The van der Waals surface area contributed by atoms with Crippen molar-refractivity contribution in [3.63, 3.8) is 0 Å². The molecule has 0 saturated carbocycles. The monoisotopic (exact) mass is 196 g/mol. The molecule has 0 radical (unpaired) electrons. The molecule has 1 aromatic carbocycles. The summed E-state index contributed by atoms with van der Waals surface area (Å²) in [6, 6.07) is 4.74. The van der Waals surface area contributed by atoms with Crippen LogP contribution in [0.3, 0.4) is 0 Å². The first-order valence-electron chi connectivity index (χ1n) is 4.23. The van der Waals surface area contributed by atoms with E-state index in [0.717, 1.165) is 5.56 Å². The van der Waals surface area contributed by atoms with Gasteiger partial charge in [0.05, 0.1) is 4.92 Å². The van der Waals surface area contributed by atoms with Crippen LogP contribution in [0.15, 0.2) is 18.2 Å². The lowest BCUT2D eigenvalue weighted by Gasteiger charge is -2.05. The molecule has 2 N–H and O–H groups in total. The molecule has 76 valence electrons. The average molecular weight is 196 g/mol. The third-order valence-electron chi connectivity index (χ3n) is 1.69. The van der Waals surface area contributed by atoms with Crippen molar-refractivity contribution >= 4 is 5.69 Å². The molecule has 1 rings (SSSR count). The fourth-order valence-electron chi connectivity index (χ4n) is 1.06. The van der Waals surface area contributed by atoms with Crippen LogP contribution in [0.4, 0.5) is 5.69 Å². The largest absolute Gasteiger partial charge is 0.485 e. The Morgan fingerprint density at radius 2 is 2.29 bits per heavy atom. The Morgan fingerprint density at radius 3 is 2.86 bits per heavy atom. The number of benzene rings is 1. The van der Waals surface area contributed by atoms with E-state index in [1.54, 1.807) is 12.1 Å². The van der Waals surface area contributed by atoms with Crippen LogP contribution in [0.25, 0.3) is 0 Å². The Morgan fingerprint density at radius 1 is 1.57 bits per heavy atom. The Hall–Kier alpha value is -1.62. The Kier molecular flexibility index (Phi) is 3.41. The Labute approximate surface area is 81.6 Å². The van der Waals surface area contributed by atoms with Crippen LogP contribution >= 0.6 is 0 Å². The first-order valence-corrected chi connectivity index (χ1v) is 4.23. The first-order chi connectivity index (χ1) is 6.65. The molecule has 0 heterocycles. The number of nitro groups is 1. The molecule has 14 heavy (non-hydrogen) atoms. The Bertz CT molecular complexity index is 339. The van der Waals surface area contributed by atoms with Crippen molar-refractivity contribution in [3.8, 4) is 5.75 Å². The number of hydrogen-bond acceptors (Lipinski definition) is 4. The quantitative estimate of drug-likeness (QED) is 0.580. The van der Waals surface area contributed by atoms with E-state index >= 15 is 0 Å². The molecule has 1 aromatic rings. The zero-order valence-corrected chi connectivity index (χ0v) is 7.90. The molecule has 0 fully saturated rings. The van der Waals surface area contributed by atoms with Crippen molar-refractivity contribution in [2.45, 2.75) is 6.92 Å². The van der Waals surface area contributed by atoms with E-state index in [2.05, 4.69) is 0 Å². The highest BCUT2D eigenvalue weighted by molar-refractivity contribution is 5.48. The number of nitrogens with two attached hydrogens (primary N) is 1. The highest BCUT2D eigenvalue weighted by Crippen LogP contribution is 2.27. The second-order valence-electron chi connectivity index (χ2n) is 2.87. The molecule has 0 aliphatic heterocycles. The van der Waals surface area contributed by atoms with Crippen molar-refractivity contribution in [1.29, 1.82) is 0 Å². The summed E-state index contributed by atoms with van der Waals surface area (Å²) in [6.45, 7) is 2.47. The number of ether oxygens (including phenoxy) is 1. The van der Waals surface area contributed by atoms with Crippen molar-refractivity contribution < 1.29 is 9.66 Å². The zero-order valence-electron chi connectivity index (χ0n) is 7.90. The molecule has 5 nitrogen and oxygen atoms in total. The summed E-state index contributed by atoms with van der Waals surface area (Å²) in [5.74, 6) is 0.278. The number of nitro benzene ring substituents is 1. The predicted octanol–water partition coefficient (Wildman–Crippen LogP) is 1.24. The van der Waals surface area contributed by atoms with Gasteiger partial charge in [0, 0.05) is 12.6 Å². The molecule has 0 amide bonds. The molecular formula is C9H12N2O3. The molecule has 0 unspecified atom stereocenters. The fraction of sp³-hybridized carbons (Fsp3) is 0.333. The normalized spacial score (nSPS) is 9.86. The number of hydrogen-bond donors (Lipinski definition) is 1. The van der Waals surface area contributed by atoms with Gasteiger partial charge in [-0.05, 0) is 18.6 Å². The lowest BCUT2D eigenvalue weighted by molar-refractivity contribution is -0.385. The van der Waals surface area contributed by atoms with Gasteiger partial charge in [-0.2, -0.15) is 0 Å². The minimum atomic E-state index is -0.467. The van der Waals surface area contributed by atoms with Gasteiger partial charge in [-0.3, -0.25) is 10.1 Å². The molecule has 0 atom stereocenters. The lowest BCUT2D eigenvalue weighted by Crippen LogP contribution is -2.11. The second kappa shape index (κ2) is 4.57. The molecule has 0 aliphatic rings. The summed E-state index contributed by atoms with van der Waals surface area (Å²) in [5.41, 5.74) is 6.14. The molecule has 0 bridgehead atoms. The maximum Gasteiger partial charge on any atom is 0.310 e. The molecule has 0 aromatic heterocycles. The smallest absolute Gasteiger partial charge is 0.310 e. The van der Waals surface area contributed by atoms with Crippen LogP contribution in [0.1, 0.15) is 5.56 Å². The Balaban J connectivity index is 2.97. The van der Waals surface area contributed by atoms with Crippen LogP contribution in [0, 0.1) is 17.0 Å². The van der Waals surface area contributed by atoms with E-state index in [1.165, 1.54) is 6.07 Å². The summed E-state index contributed by atoms with van der Waals surface area (Å²) < 4.78 is 5.16. The summed E-state index contributed by atoms with van der Waals surface area (Å²) in [6.07, 6.45) is 0. The van der Waals surface area contributed by atoms with Crippen molar-refractivity contribution in [3.05, 3.63) is 33.9 Å². The number of aryl methyl sites for hydroxylation is 1. The van der Waals surface area contributed by atoms with Crippen molar-refractivity contribution in [2.24, 2.45) is 5.73 Å². The predicted molar refractivity (Wildman–Crippen MR) is 52.4 cm³/mol. The maximum atomic E-state index is 10.6. The third-order valence-corrected chi connectivity index (χ3v) is 1.69. The van der Waals surface area contributed by atoms with E-state index in [0.29, 0.717) is 6.54 Å². The summed E-state index contributed by atoms with van der Waals surface area (Å²) in [4.78, 5) is 10.1. The van der Waals surface area contributed by atoms with E-state index in [4.69, 9.17) is 10.5 Å². The zero-order chi connectivity index (χ0) is 10.6. The second-order valence-corrected chi connectivity index (χ2v) is 2.87. The van der Waals surface area contributed by atoms with Gasteiger partial charge in [0.2, 0.25) is 0 Å². The molecule has 0 saturated heterocycles. The minimum absolute atomic E-state index is 0.0240. The van der Waals surface area contributed by atoms with E-state index < -0.39 is 4.92 Å². The summed E-state index contributed by atoms with van der Waals surface area (Å²) >= 11 is 0. The van der Waals surface area contributed by atoms with Gasteiger partial charge in [-0.1, -0.05) is 6.07 Å². The molecule has 0 aliphatic carbocycles. The highest BCUT2D eigenvalue weighted by atomic mass is 16.6. The van der Waals surface area contributed by atoms with Gasteiger partial charge in [0.15, 0.2) is 5.75 Å². The van der Waals surface area contributed by atoms with Crippen LogP contribution in [0.5, 0.6) is 5.75 Å². The van der Waals surface area contributed by atoms with Crippen LogP contribution in [-0.2, 0) is 0 Å². The third kappa shape index (κ3) is 2.43. The van der Waals surface area contributed by atoms with Gasteiger partial charge in [0.25, 0.3) is 0 Å². The van der Waals surface area contributed by atoms with Crippen molar-refractivity contribution in [1.82, 2.24) is 0 Å². The highest BCUT2D eigenvalue weighted by Gasteiger charge is 2.14. The summed E-state index contributed by atoms with van der Waals surface area (Å²) in [5, 5.41) is 10.6. The van der Waals surface area contributed by atoms with Crippen LogP contribution < -0.4 is 10.5 Å². The topological polar surface area (TPSA) is 78.4 Å². The number of rotatable bonds is 4. The number of nitrogens with zero attached hydrogens (tertiary/aromatic N) is 1. The van der Waals surface area contributed by atoms with E-state index in [-0.39, 0.29) is 18.0 Å². The van der Waals surface area contributed by atoms with Gasteiger partial charge in [-0.15, -0.1) is 0 Å². The molecular weight excluding hydrogens is 184 g/mol. The average Bonchev–Trinajstić information content (AvgIpc) is 2.14. The van der Waals surface area contributed by atoms with Gasteiger partial charge in [0.1, 0.15) is 6.61 Å². The first kappa shape index (κ1) is 10.5. The SMILES string of the molecule is Cc1ccc([N+](=O)[O-])c(OCCN)c1. The van der Waals surface area contributed by atoms with Gasteiger partial charge in [-0.25, -0.2) is 0 Å². The van der Waals surface area contributed by atoms with E-state index in [1.807, 2.05) is 6.92 Å². The van der Waals surface area contributed by atoms with Gasteiger partial charge >= 0.3 is 5.69 Å². The van der Waals surface area contributed by atoms with Crippen molar-refractivity contribution in [2.75, 3.05) is 13.2 Å².